The van der Waals surface area contributed by atoms with Crippen LogP contribution in [0.2, 0.25) is 5.02 Å². The quantitative estimate of drug-likeness (QED) is 0.303. The number of halogens is 2. The van der Waals surface area contributed by atoms with Crippen LogP contribution in [0.25, 0.3) is 22.0 Å². The number of rotatable bonds is 6. The molecule has 2 amide bonds. The molecule has 3 aromatic heterocycles. The zero-order valence-corrected chi connectivity index (χ0v) is 24.4. The van der Waals surface area contributed by atoms with Crippen LogP contribution in [0.5, 0.6) is 5.88 Å². The molecule has 0 radical (unpaired) electrons. The molecule has 41 heavy (non-hydrogen) atoms. The lowest BCUT2D eigenvalue weighted by Gasteiger charge is -2.33. The lowest BCUT2D eigenvalue weighted by molar-refractivity contribution is -0.121. The molecule has 12 heteroatoms. The molecule has 1 N–H and O–H groups in total. The van der Waals surface area contributed by atoms with E-state index in [-0.39, 0.29) is 29.7 Å². The number of nitrogens with zero attached hydrogens (tertiary/aromatic N) is 6. The van der Waals surface area contributed by atoms with Crippen molar-refractivity contribution in [2.75, 3.05) is 12.4 Å². The van der Waals surface area contributed by atoms with Gasteiger partial charge in [-0.05, 0) is 48.9 Å². The van der Waals surface area contributed by atoms with E-state index in [9.17, 15) is 9.59 Å². The molecular formula is C29H33ClFN7O3. The van der Waals surface area contributed by atoms with Crippen molar-refractivity contribution in [3.05, 3.63) is 53.2 Å². The van der Waals surface area contributed by atoms with E-state index in [2.05, 4.69) is 20.5 Å². The summed E-state index contributed by atoms with van der Waals surface area (Å²) in [5.41, 5.74) is 2.34. The number of anilines is 1. The fourth-order valence-electron chi connectivity index (χ4n) is 5.58. The molecule has 1 aliphatic rings. The third-order valence-electron chi connectivity index (χ3n) is 7.64. The first-order valence-electron chi connectivity index (χ1n) is 13.6. The van der Waals surface area contributed by atoms with Crippen molar-refractivity contribution in [2.24, 2.45) is 20.0 Å². The van der Waals surface area contributed by atoms with E-state index in [1.165, 1.54) is 17.2 Å². The molecule has 0 saturated heterocycles. The van der Waals surface area contributed by atoms with E-state index in [4.69, 9.17) is 16.3 Å². The second kappa shape index (κ2) is 11.5. The summed E-state index contributed by atoms with van der Waals surface area (Å²) in [7, 11) is 5.22. The van der Waals surface area contributed by atoms with Crippen LogP contribution in [-0.4, -0.2) is 54.5 Å². The zero-order chi connectivity index (χ0) is 29.4. The summed E-state index contributed by atoms with van der Waals surface area (Å²) in [5, 5.41) is 12.4. The molecule has 1 fully saturated rings. The summed E-state index contributed by atoms with van der Waals surface area (Å²) in [5.74, 6) is -0.289. The largest absolute Gasteiger partial charge is 0.416 e. The Hall–Kier alpha value is -3.99. The molecule has 1 aromatic carbocycles. The maximum atomic E-state index is 15.1. The third kappa shape index (κ3) is 5.90. The number of ether oxygens (including phenoxy) is 1. The highest BCUT2D eigenvalue weighted by atomic mass is 35.5. The van der Waals surface area contributed by atoms with E-state index in [1.807, 2.05) is 19.9 Å². The summed E-state index contributed by atoms with van der Waals surface area (Å²) >= 11 is 6.50. The Morgan fingerprint density at radius 2 is 1.98 bits per heavy atom. The number of benzene rings is 1. The van der Waals surface area contributed by atoms with E-state index < -0.39 is 11.9 Å². The second-order valence-electron chi connectivity index (χ2n) is 10.9. The Balaban J connectivity index is 1.31. The van der Waals surface area contributed by atoms with Crippen molar-refractivity contribution in [3.8, 4) is 17.0 Å². The van der Waals surface area contributed by atoms with Gasteiger partial charge in [-0.25, -0.2) is 14.2 Å². The molecule has 216 valence electrons. The summed E-state index contributed by atoms with van der Waals surface area (Å²) in [6.07, 6.45) is 5.35. The number of amides is 2. The SMILES string of the molecule is CC(C)c1c2cc(-c3cc(NC(=O)[C@H]4CCC[C@@H](N(C)C(=O)Oc5ccn(C)n5)C4)ncc3Cl)cc(F)c2nn1C. The fourth-order valence-corrected chi connectivity index (χ4v) is 5.80. The van der Waals surface area contributed by atoms with Gasteiger partial charge in [0, 0.05) is 68.2 Å². The Morgan fingerprint density at radius 1 is 1.20 bits per heavy atom. The standard InChI is InChI=1S/C29H33ClFN7O3/c1-16(2)27-21-12-18(13-23(31)26(21)35-38(27)5)20-14-24(32-15-22(20)30)33-28(39)17-7-6-8-19(11-17)37(4)29(40)41-25-9-10-36(3)34-25/h9-10,12-17,19H,6-8,11H2,1-5H3,(H,32,33,39)/t17-,19+/m0/s1. The molecule has 4 aromatic rings. The van der Waals surface area contributed by atoms with Gasteiger partial charge in [0.05, 0.1) is 5.02 Å². The van der Waals surface area contributed by atoms with Gasteiger partial charge < -0.3 is 15.0 Å². The van der Waals surface area contributed by atoms with Crippen LogP contribution in [0, 0.1) is 11.7 Å². The Labute approximate surface area is 242 Å². The summed E-state index contributed by atoms with van der Waals surface area (Å²) in [6.45, 7) is 4.07. The van der Waals surface area contributed by atoms with Gasteiger partial charge in [0.1, 0.15) is 11.3 Å². The molecular weight excluding hydrogens is 549 g/mol. The molecule has 0 unspecified atom stereocenters. The van der Waals surface area contributed by atoms with Crippen LogP contribution >= 0.6 is 11.6 Å². The van der Waals surface area contributed by atoms with Gasteiger partial charge in [-0.1, -0.05) is 31.9 Å². The first-order valence-corrected chi connectivity index (χ1v) is 14.0. The number of aromatic nitrogens is 5. The lowest BCUT2D eigenvalue weighted by atomic mass is 9.84. The molecule has 1 aliphatic carbocycles. The van der Waals surface area contributed by atoms with Gasteiger partial charge in [0.15, 0.2) is 5.82 Å². The molecule has 10 nitrogen and oxygen atoms in total. The van der Waals surface area contributed by atoms with Crippen molar-refractivity contribution in [3.63, 3.8) is 0 Å². The number of hydrogen-bond donors (Lipinski definition) is 1. The van der Waals surface area contributed by atoms with E-state index in [0.717, 1.165) is 23.9 Å². The molecule has 0 aliphatic heterocycles. The fraction of sp³-hybridized carbons (Fsp3) is 0.414. The maximum Gasteiger partial charge on any atom is 0.416 e. The average molecular weight is 582 g/mol. The van der Waals surface area contributed by atoms with Gasteiger partial charge in [0.25, 0.3) is 0 Å². The number of pyridine rings is 1. The number of nitrogens with one attached hydrogen (secondary N) is 1. The van der Waals surface area contributed by atoms with E-state index in [1.54, 1.807) is 48.8 Å². The molecule has 0 bridgehead atoms. The normalized spacial score (nSPS) is 17.2. The highest BCUT2D eigenvalue weighted by Crippen LogP contribution is 2.36. The smallest absolute Gasteiger partial charge is 0.389 e. The predicted octanol–water partition coefficient (Wildman–Crippen LogP) is 5.91. The summed E-state index contributed by atoms with van der Waals surface area (Å²) < 4.78 is 23.7. The number of aryl methyl sites for hydroxylation is 2. The van der Waals surface area contributed by atoms with Crippen LogP contribution in [0.4, 0.5) is 15.0 Å². The molecule has 3 heterocycles. The van der Waals surface area contributed by atoms with Gasteiger partial charge in [-0.3, -0.25) is 14.2 Å². The minimum atomic E-state index is -0.516. The van der Waals surface area contributed by atoms with Crippen molar-refractivity contribution < 1.29 is 18.7 Å². The number of carbonyl (C=O) groups excluding carboxylic acids is 2. The maximum absolute atomic E-state index is 15.1. The van der Waals surface area contributed by atoms with Crippen molar-refractivity contribution >= 4 is 40.3 Å². The van der Waals surface area contributed by atoms with Crippen molar-refractivity contribution in [1.29, 1.82) is 0 Å². The van der Waals surface area contributed by atoms with Gasteiger partial charge in [-0.15, -0.1) is 5.10 Å². The summed E-state index contributed by atoms with van der Waals surface area (Å²) in [6, 6.07) is 6.39. The minimum Gasteiger partial charge on any atom is -0.389 e. The van der Waals surface area contributed by atoms with Crippen LogP contribution in [-0.2, 0) is 18.9 Å². The Bertz CT molecular complexity index is 1620. The molecule has 2 atom stereocenters. The van der Waals surface area contributed by atoms with Gasteiger partial charge in [0.2, 0.25) is 11.8 Å². The van der Waals surface area contributed by atoms with Crippen LogP contribution < -0.4 is 10.1 Å². The monoisotopic (exact) mass is 581 g/mol. The minimum absolute atomic E-state index is 0.137. The highest BCUT2D eigenvalue weighted by molar-refractivity contribution is 6.33. The number of fused-ring (bicyclic) bond motifs is 1. The number of hydrogen-bond acceptors (Lipinski definition) is 6. The van der Waals surface area contributed by atoms with Crippen LogP contribution in [0.3, 0.4) is 0 Å². The first kappa shape index (κ1) is 28.5. The Morgan fingerprint density at radius 3 is 2.68 bits per heavy atom. The van der Waals surface area contributed by atoms with Crippen LogP contribution in [0.1, 0.15) is 51.1 Å². The highest BCUT2D eigenvalue weighted by Gasteiger charge is 2.32. The number of carbonyl (C=O) groups is 2. The van der Waals surface area contributed by atoms with Crippen molar-refractivity contribution in [1.82, 2.24) is 29.4 Å². The molecule has 0 spiro atoms. The third-order valence-corrected chi connectivity index (χ3v) is 7.94. The lowest BCUT2D eigenvalue weighted by Crippen LogP contribution is -2.43. The molecule has 5 rings (SSSR count). The Kier molecular flexibility index (Phi) is 7.99. The summed E-state index contributed by atoms with van der Waals surface area (Å²) in [4.78, 5) is 31.8. The van der Waals surface area contributed by atoms with E-state index >= 15 is 4.39 Å². The van der Waals surface area contributed by atoms with Crippen LogP contribution in [0.15, 0.2) is 36.7 Å². The predicted molar refractivity (Wildman–Crippen MR) is 154 cm³/mol. The first-order chi connectivity index (χ1) is 19.5. The van der Waals surface area contributed by atoms with Crippen molar-refractivity contribution in [2.45, 2.75) is 51.5 Å². The second-order valence-corrected chi connectivity index (χ2v) is 11.3. The molecule has 1 saturated carbocycles. The zero-order valence-electron chi connectivity index (χ0n) is 23.7. The van der Waals surface area contributed by atoms with Gasteiger partial charge in [-0.2, -0.15) is 5.10 Å². The van der Waals surface area contributed by atoms with E-state index in [0.29, 0.717) is 40.3 Å². The topological polar surface area (TPSA) is 107 Å². The van der Waals surface area contributed by atoms with Gasteiger partial charge >= 0.3 is 6.09 Å². The average Bonchev–Trinajstić information content (AvgIpc) is 3.50.